The molecule has 3 nitrogen and oxygen atoms in total. The van der Waals surface area contributed by atoms with Crippen LogP contribution in [0.3, 0.4) is 0 Å². The van der Waals surface area contributed by atoms with E-state index in [-0.39, 0.29) is 0 Å². The molecule has 1 unspecified atom stereocenters. The summed E-state index contributed by atoms with van der Waals surface area (Å²) in [6.07, 6.45) is 3.35. The lowest BCUT2D eigenvalue weighted by Crippen LogP contribution is -2.40. The highest BCUT2D eigenvalue weighted by molar-refractivity contribution is 7.80. The molecule has 2 N–H and O–H groups in total. The summed E-state index contributed by atoms with van der Waals surface area (Å²) < 4.78 is 5.72. The Labute approximate surface area is 127 Å². The highest BCUT2D eigenvalue weighted by Crippen LogP contribution is 2.28. The maximum absolute atomic E-state index is 5.79. The van der Waals surface area contributed by atoms with Crippen molar-refractivity contribution < 1.29 is 4.74 Å². The van der Waals surface area contributed by atoms with Crippen LogP contribution in [-0.4, -0.2) is 35.7 Å². The van der Waals surface area contributed by atoms with Crippen LogP contribution in [0.5, 0.6) is 0 Å². The van der Waals surface area contributed by atoms with E-state index in [9.17, 15) is 0 Å². The van der Waals surface area contributed by atoms with Gasteiger partial charge in [0.2, 0.25) is 0 Å². The fourth-order valence-corrected chi connectivity index (χ4v) is 3.07. The van der Waals surface area contributed by atoms with Crippen molar-refractivity contribution in [2.45, 2.75) is 38.3 Å². The van der Waals surface area contributed by atoms with Gasteiger partial charge >= 0.3 is 0 Å². The summed E-state index contributed by atoms with van der Waals surface area (Å²) in [5, 5.41) is 0. The minimum atomic E-state index is 0.302. The predicted molar refractivity (Wildman–Crippen MR) is 86.8 cm³/mol. The summed E-state index contributed by atoms with van der Waals surface area (Å²) in [5.74, 6) is 0. The second-order valence-electron chi connectivity index (χ2n) is 5.29. The zero-order valence-corrected chi connectivity index (χ0v) is 12.9. The van der Waals surface area contributed by atoms with Crippen molar-refractivity contribution in [1.29, 1.82) is 0 Å². The van der Waals surface area contributed by atoms with Crippen molar-refractivity contribution in [3.05, 3.63) is 35.9 Å². The number of rotatable bonds is 6. The smallest absolute Gasteiger partial charge is 0.0746 e. The molecule has 0 aliphatic carbocycles. The molecule has 110 valence electrons. The second kappa shape index (κ2) is 7.72. The van der Waals surface area contributed by atoms with E-state index < -0.39 is 0 Å². The van der Waals surface area contributed by atoms with Crippen molar-refractivity contribution in [3.63, 3.8) is 0 Å². The van der Waals surface area contributed by atoms with Crippen molar-refractivity contribution in [2.75, 3.05) is 19.7 Å². The van der Waals surface area contributed by atoms with Gasteiger partial charge in [0.15, 0.2) is 0 Å². The molecule has 1 saturated heterocycles. The van der Waals surface area contributed by atoms with Crippen molar-refractivity contribution >= 4 is 17.2 Å². The summed E-state index contributed by atoms with van der Waals surface area (Å²) >= 11 is 5.13. The molecule has 1 aromatic rings. The molecule has 0 bridgehead atoms. The number of hydrogen-bond acceptors (Lipinski definition) is 3. The third-order valence-corrected chi connectivity index (χ3v) is 4.07. The SMILES string of the molecule is CCOC1CCN(C(CC(N)=S)c2ccccc2)CC1. The zero-order valence-electron chi connectivity index (χ0n) is 12.1. The highest BCUT2D eigenvalue weighted by atomic mass is 32.1. The van der Waals surface area contributed by atoms with Crippen LogP contribution in [0.4, 0.5) is 0 Å². The molecule has 0 spiro atoms. The Bertz CT molecular complexity index is 416. The minimum absolute atomic E-state index is 0.302. The van der Waals surface area contributed by atoms with Crippen molar-refractivity contribution in [3.8, 4) is 0 Å². The Morgan fingerprint density at radius 2 is 2.00 bits per heavy atom. The van der Waals surface area contributed by atoms with Crippen LogP contribution in [0.15, 0.2) is 30.3 Å². The normalized spacial score (nSPS) is 18.9. The van der Waals surface area contributed by atoms with Gasteiger partial charge in [0.05, 0.1) is 11.1 Å². The molecule has 1 atom stereocenters. The van der Waals surface area contributed by atoms with E-state index in [1.54, 1.807) is 0 Å². The minimum Gasteiger partial charge on any atom is -0.393 e. The van der Waals surface area contributed by atoms with Crippen molar-refractivity contribution in [2.24, 2.45) is 5.73 Å². The van der Waals surface area contributed by atoms with Crippen LogP contribution in [0, 0.1) is 0 Å². The number of piperidine rings is 1. The van der Waals surface area contributed by atoms with Gasteiger partial charge in [-0.3, -0.25) is 4.90 Å². The first-order valence-electron chi connectivity index (χ1n) is 7.39. The molecule has 0 aromatic heterocycles. The van der Waals surface area contributed by atoms with Crippen LogP contribution in [0.25, 0.3) is 0 Å². The molecular weight excluding hydrogens is 268 g/mol. The lowest BCUT2D eigenvalue weighted by Gasteiger charge is -2.37. The van der Waals surface area contributed by atoms with Crippen LogP contribution >= 0.6 is 12.2 Å². The average Bonchev–Trinajstić information content (AvgIpc) is 2.47. The highest BCUT2D eigenvalue weighted by Gasteiger charge is 2.26. The number of ether oxygens (including phenoxy) is 1. The summed E-state index contributed by atoms with van der Waals surface area (Å²) in [7, 11) is 0. The second-order valence-corrected chi connectivity index (χ2v) is 5.81. The Balaban J connectivity index is 2.03. The summed E-state index contributed by atoms with van der Waals surface area (Å²) in [4.78, 5) is 3.08. The zero-order chi connectivity index (χ0) is 14.4. The molecule has 1 aliphatic rings. The van der Waals surface area contributed by atoms with Crippen LogP contribution in [0.1, 0.15) is 37.8 Å². The van der Waals surface area contributed by atoms with E-state index in [0.717, 1.165) is 39.0 Å². The number of benzene rings is 1. The standard InChI is InChI=1S/C16H24N2OS/c1-2-19-14-8-10-18(11-9-14)15(12-16(17)20)13-6-4-3-5-7-13/h3-7,14-15H,2,8-12H2,1H3,(H2,17,20). The molecule has 1 heterocycles. The summed E-state index contributed by atoms with van der Waals surface area (Å²) in [6, 6.07) is 10.8. The van der Waals surface area contributed by atoms with E-state index in [1.165, 1.54) is 5.56 Å². The Hall–Kier alpha value is -0.970. The van der Waals surface area contributed by atoms with Gasteiger partial charge in [-0.1, -0.05) is 42.5 Å². The van der Waals surface area contributed by atoms with E-state index in [4.69, 9.17) is 22.7 Å². The average molecular weight is 292 g/mol. The first kappa shape index (κ1) is 15.4. The number of hydrogen-bond donors (Lipinski definition) is 1. The first-order valence-corrected chi connectivity index (χ1v) is 7.80. The van der Waals surface area contributed by atoms with Gasteiger partial charge in [0, 0.05) is 32.2 Å². The van der Waals surface area contributed by atoms with Crippen LogP contribution in [0.2, 0.25) is 0 Å². The predicted octanol–water partition coefficient (Wildman–Crippen LogP) is 2.90. The largest absolute Gasteiger partial charge is 0.393 e. The van der Waals surface area contributed by atoms with Gasteiger partial charge in [-0.05, 0) is 25.3 Å². The molecular formula is C16H24N2OS. The molecule has 0 radical (unpaired) electrons. The summed E-state index contributed by atoms with van der Waals surface area (Å²) in [6.45, 7) is 4.96. The van der Waals surface area contributed by atoms with E-state index in [1.807, 2.05) is 6.07 Å². The van der Waals surface area contributed by atoms with Crippen LogP contribution < -0.4 is 5.73 Å². The molecule has 4 heteroatoms. The van der Waals surface area contributed by atoms with E-state index in [2.05, 4.69) is 36.1 Å². The Morgan fingerprint density at radius 1 is 1.35 bits per heavy atom. The first-order chi connectivity index (χ1) is 9.70. The molecule has 20 heavy (non-hydrogen) atoms. The monoisotopic (exact) mass is 292 g/mol. The number of likely N-dealkylation sites (tertiary alicyclic amines) is 1. The lowest BCUT2D eigenvalue weighted by atomic mass is 9.98. The molecule has 1 aliphatic heterocycles. The number of nitrogens with zero attached hydrogens (tertiary/aromatic N) is 1. The molecule has 1 fully saturated rings. The van der Waals surface area contributed by atoms with Gasteiger partial charge in [-0.25, -0.2) is 0 Å². The lowest BCUT2D eigenvalue weighted by molar-refractivity contribution is 0.00436. The molecule has 0 amide bonds. The van der Waals surface area contributed by atoms with E-state index >= 15 is 0 Å². The fraction of sp³-hybridized carbons (Fsp3) is 0.562. The maximum atomic E-state index is 5.79. The number of thiocarbonyl (C=S) groups is 1. The van der Waals surface area contributed by atoms with Crippen LogP contribution in [-0.2, 0) is 4.74 Å². The quantitative estimate of drug-likeness (QED) is 0.818. The topological polar surface area (TPSA) is 38.5 Å². The third kappa shape index (κ3) is 4.27. The Kier molecular flexibility index (Phi) is 5.95. The van der Waals surface area contributed by atoms with Gasteiger partial charge < -0.3 is 10.5 Å². The van der Waals surface area contributed by atoms with E-state index in [0.29, 0.717) is 17.1 Å². The molecule has 0 saturated carbocycles. The maximum Gasteiger partial charge on any atom is 0.0746 e. The Morgan fingerprint density at radius 3 is 2.55 bits per heavy atom. The van der Waals surface area contributed by atoms with Gasteiger partial charge in [-0.15, -0.1) is 0 Å². The molecule has 1 aromatic carbocycles. The molecule has 2 rings (SSSR count). The summed E-state index contributed by atoms with van der Waals surface area (Å²) in [5.41, 5.74) is 7.09. The number of nitrogens with two attached hydrogens (primary N) is 1. The third-order valence-electron chi connectivity index (χ3n) is 3.90. The van der Waals surface area contributed by atoms with Gasteiger partial charge in [0.1, 0.15) is 0 Å². The van der Waals surface area contributed by atoms with Crippen molar-refractivity contribution in [1.82, 2.24) is 4.90 Å². The van der Waals surface area contributed by atoms with Gasteiger partial charge in [0.25, 0.3) is 0 Å². The van der Waals surface area contributed by atoms with Gasteiger partial charge in [-0.2, -0.15) is 0 Å². The fourth-order valence-electron chi connectivity index (χ4n) is 2.91.